The molecule has 0 spiro atoms. The standard InChI is InChI=1S/C21H17ClN2/c1-15-9-11-17(12-10-15)21-19-7-2-3-8-20(19)24(23-21)14-16-5-4-6-18(22)13-16/h2-13H,14H2,1H3. The molecule has 0 saturated carbocycles. The number of halogens is 1. The normalized spacial score (nSPS) is 11.1. The fourth-order valence-electron chi connectivity index (χ4n) is 2.98. The van der Waals surface area contributed by atoms with Crippen LogP contribution in [0, 0.1) is 6.92 Å². The van der Waals surface area contributed by atoms with Crippen molar-refractivity contribution in [1.29, 1.82) is 0 Å². The van der Waals surface area contributed by atoms with Crippen molar-refractivity contribution in [2.75, 3.05) is 0 Å². The van der Waals surface area contributed by atoms with Gasteiger partial charge < -0.3 is 0 Å². The molecule has 3 heteroatoms. The van der Waals surface area contributed by atoms with Gasteiger partial charge in [-0.2, -0.15) is 5.10 Å². The minimum atomic E-state index is 0.701. The molecule has 0 atom stereocenters. The topological polar surface area (TPSA) is 17.8 Å². The van der Waals surface area contributed by atoms with Crippen molar-refractivity contribution in [2.45, 2.75) is 13.5 Å². The quantitative estimate of drug-likeness (QED) is 0.469. The summed E-state index contributed by atoms with van der Waals surface area (Å²) in [5, 5.41) is 6.81. The van der Waals surface area contributed by atoms with E-state index in [-0.39, 0.29) is 0 Å². The third-order valence-corrected chi connectivity index (χ3v) is 4.44. The first kappa shape index (κ1) is 15.0. The number of benzene rings is 3. The van der Waals surface area contributed by atoms with Gasteiger partial charge in [0.2, 0.25) is 0 Å². The van der Waals surface area contributed by atoms with Gasteiger partial charge in [-0.1, -0.05) is 71.8 Å². The highest BCUT2D eigenvalue weighted by molar-refractivity contribution is 6.30. The van der Waals surface area contributed by atoms with Gasteiger partial charge in [0.1, 0.15) is 5.69 Å². The van der Waals surface area contributed by atoms with Crippen LogP contribution in [0.5, 0.6) is 0 Å². The van der Waals surface area contributed by atoms with E-state index in [4.69, 9.17) is 16.7 Å². The van der Waals surface area contributed by atoms with Crippen LogP contribution >= 0.6 is 11.6 Å². The molecule has 0 bridgehead atoms. The average Bonchev–Trinajstić information content (AvgIpc) is 2.95. The fourth-order valence-corrected chi connectivity index (χ4v) is 3.19. The maximum atomic E-state index is 6.12. The fraction of sp³-hybridized carbons (Fsp3) is 0.0952. The number of aryl methyl sites for hydroxylation is 1. The van der Waals surface area contributed by atoms with Crippen LogP contribution in [0.3, 0.4) is 0 Å². The Morgan fingerprint density at radius 2 is 1.71 bits per heavy atom. The van der Waals surface area contributed by atoms with Gasteiger partial charge in [0.25, 0.3) is 0 Å². The zero-order valence-electron chi connectivity index (χ0n) is 13.4. The number of para-hydroxylation sites is 1. The van der Waals surface area contributed by atoms with E-state index >= 15 is 0 Å². The molecule has 3 aromatic carbocycles. The lowest BCUT2D eigenvalue weighted by molar-refractivity contribution is 0.715. The van der Waals surface area contributed by atoms with Crippen LogP contribution < -0.4 is 0 Å². The minimum Gasteiger partial charge on any atom is -0.260 e. The van der Waals surface area contributed by atoms with E-state index in [9.17, 15) is 0 Å². The van der Waals surface area contributed by atoms with Crippen molar-refractivity contribution < 1.29 is 0 Å². The maximum Gasteiger partial charge on any atom is 0.100 e. The predicted octanol–water partition coefficient (Wildman–Crippen LogP) is 5.71. The molecule has 24 heavy (non-hydrogen) atoms. The maximum absolute atomic E-state index is 6.12. The number of aromatic nitrogens is 2. The van der Waals surface area contributed by atoms with E-state index in [0.29, 0.717) is 6.54 Å². The first-order valence-corrected chi connectivity index (χ1v) is 8.35. The Balaban J connectivity index is 1.83. The van der Waals surface area contributed by atoms with Crippen molar-refractivity contribution in [3.63, 3.8) is 0 Å². The molecule has 0 radical (unpaired) electrons. The van der Waals surface area contributed by atoms with Crippen molar-refractivity contribution in [2.24, 2.45) is 0 Å². The molecule has 0 amide bonds. The van der Waals surface area contributed by atoms with Gasteiger partial charge in [0.05, 0.1) is 12.1 Å². The summed E-state index contributed by atoms with van der Waals surface area (Å²) in [6, 6.07) is 24.8. The second-order valence-electron chi connectivity index (χ2n) is 6.02. The molecular weight excluding hydrogens is 316 g/mol. The molecule has 0 aliphatic heterocycles. The van der Waals surface area contributed by atoms with Gasteiger partial charge in [0.15, 0.2) is 0 Å². The molecule has 0 aliphatic rings. The Labute approximate surface area is 146 Å². The summed E-state index contributed by atoms with van der Waals surface area (Å²) in [7, 11) is 0. The number of nitrogens with zero attached hydrogens (tertiary/aromatic N) is 2. The molecule has 0 fully saturated rings. The molecule has 118 valence electrons. The van der Waals surface area contributed by atoms with Gasteiger partial charge >= 0.3 is 0 Å². The smallest absolute Gasteiger partial charge is 0.100 e. The highest BCUT2D eigenvalue weighted by Gasteiger charge is 2.12. The van der Waals surface area contributed by atoms with E-state index in [2.05, 4.69) is 66.2 Å². The lowest BCUT2D eigenvalue weighted by Gasteiger charge is -2.04. The van der Waals surface area contributed by atoms with Crippen LogP contribution in [0.2, 0.25) is 5.02 Å². The second-order valence-corrected chi connectivity index (χ2v) is 6.46. The lowest BCUT2D eigenvalue weighted by Crippen LogP contribution is -2.01. The second kappa shape index (κ2) is 6.14. The van der Waals surface area contributed by atoms with E-state index in [1.165, 1.54) is 10.9 Å². The van der Waals surface area contributed by atoms with Gasteiger partial charge in [-0.25, -0.2) is 0 Å². The SMILES string of the molecule is Cc1ccc(-c2nn(Cc3cccc(Cl)c3)c3ccccc23)cc1. The largest absolute Gasteiger partial charge is 0.260 e. The average molecular weight is 333 g/mol. The molecule has 4 aromatic rings. The summed E-state index contributed by atoms with van der Waals surface area (Å²) in [5.74, 6) is 0. The highest BCUT2D eigenvalue weighted by atomic mass is 35.5. The van der Waals surface area contributed by atoms with Crippen LogP contribution in [-0.4, -0.2) is 9.78 Å². The first-order valence-electron chi connectivity index (χ1n) is 7.98. The summed E-state index contributed by atoms with van der Waals surface area (Å²) in [6.45, 7) is 2.80. The van der Waals surface area contributed by atoms with Crippen LogP contribution in [0.15, 0.2) is 72.8 Å². The van der Waals surface area contributed by atoms with Crippen molar-refractivity contribution in [3.05, 3.63) is 88.9 Å². The van der Waals surface area contributed by atoms with E-state index in [1.54, 1.807) is 0 Å². The Hall–Kier alpha value is -2.58. The Kier molecular flexibility index (Phi) is 3.83. The van der Waals surface area contributed by atoms with E-state index in [1.807, 2.05) is 18.2 Å². The van der Waals surface area contributed by atoms with Crippen LogP contribution in [0.4, 0.5) is 0 Å². The molecule has 0 unspecified atom stereocenters. The van der Waals surface area contributed by atoms with Crippen molar-refractivity contribution in [3.8, 4) is 11.3 Å². The molecule has 1 aromatic heterocycles. The molecule has 4 rings (SSSR count). The summed E-state index contributed by atoms with van der Waals surface area (Å²) in [4.78, 5) is 0. The van der Waals surface area contributed by atoms with Crippen LogP contribution in [0.25, 0.3) is 22.2 Å². The molecule has 0 saturated heterocycles. The van der Waals surface area contributed by atoms with Gasteiger partial charge in [-0.15, -0.1) is 0 Å². The summed E-state index contributed by atoms with van der Waals surface area (Å²) >= 11 is 6.12. The summed E-state index contributed by atoms with van der Waals surface area (Å²) in [6.07, 6.45) is 0. The zero-order chi connectivity index (χ0) is 16.5. The molecule has 2 nitrogen and oxygen atoms in total. The summed E-state index contributed by atoms with van der Waals surface area (Å²) < 4.78 is 2.05. The Morgan fingerprint density at radius 1 is 0.917 bits per heavy atom. The van der Waals surface area contributed by atoms with Crippen LogP contribution in [-0.2, 0) is 6.54 Å². The Bertz CT molecular complexity index is 1000. The summed E-state index contributed by atoms with van der Waals surface area (Å²) in [5.41, 5.74) is 5.69. The Morgan fingerprint density at radius 3 is 2.50 bits per heavy atom. The van der Waals surface area contributed by atoms with Gasteiger partial charge in [-0.05, 0) is 30.7 Å². The lowest BCUT2D eigenvalue weighted by atomic mass is 10.1. The minimum absolute atomic E-state index is 0.701. The van der Waals surface area contributed by atoms with E-state index < -0.39 is 0 Å². The van der Waals surface area contributed by atoms with Crippen LogP contribution in [0.1, 0.15) is 11.1 Å². The number of rotatable bonds is 3. The highest BCUT2D eigenvalue weighted by Crippen LogP contribution is 2.28. The predicted molar refractivity (Wildman–Crippen MR) is 100 cm³/mol. The number of hydrogen-bond acceptors (Lipinski definition) is 1. The number of hydrogen-bond donors (Lipinski definition) is 0. The molecule has 0 aliphatic carbocycles. The van der Waals surface area contributed by atoms with Crippen molar-refractivity contribution >= 4 is 22.5 Å². The van der Waals surface area contributed by atoms with Gasteiger partial charge in [0, 0.05) is 16.0 Å². The molecular formula is C21H17ClN2. The third-order valence-electron chi connectivity index (χ3n) is 4.20. The zero-order valence-corrected chi connectivity index (χ0v) is 14.2. The molecule has 1 heterocycles. The van der Waals surface area contributed by atoms with Crippen molar-refractivity contribution in [1.82, 2.24) is 9.78 Å². The van der Waals surface area contributed by atoms with Gasteiger partial charge in [-0.3, -0.25) is 4.68 Å². The molecule has 0 N–H and O–H groups in total. The monoisotopic (exact) mass is 332 g/mol. The first-order chi connectivity index (χ1) is 11.7. The van der Waals surface area contributed by atoms with E-state index in [0.717, 1.165) is 27.4 Å². The number of fused-ring (bicyclic) bond motifs is 1. The third kappa shape index (κ3) is 2.81.